The van der Waals surface area contributed by atoms with E-state index in [1.807, 2.05) is 37.3 Å². The van der Waals surface area contributed by atoms with Crippen LogP contribution in [0.5, 0.6) is 5.75 Å². The summed E-state index contributed by atoms with van der Waals surface area (Å²) in [5, 5.41) is 0. The van der Waals surface area contributed by atoms with Crippen LogP contribution in [-0.4, -0.2) is 44.3 Å². The summed E-state index contributed by atoms with van der Waals surface area (Å²) in [6, 6.07) is 14.4. The summed E-state index contributed by atoms with van der Waals surface area (Å²) in [4.78, 5) is 28.5. The molecule has 33 heavy (non-hydrogen) atoms. The van der Waals surface area contributed by atoms with Gasteiger partial charge in [-0.15, -0.1) is 0 Å². The van der Waals surface area contributed by atoms with Gasteiger partial charge in [0.1, 0.15) is 16.2 Å². The number of likely N-dealkylation sites (tertiary alicyclic amines) is 1. The van der Waals surface area contributed by atoms with Crippen molar-refractivity contribution < 1.29 is 22.7 Å². The Hall–Kier alpha value is -2.87. The molecule has 1 saturated heterocycles. The second-order valence-corrected chi connectivity index (χ2v) is 10.9. The number of ether oxygens (including phenoxy) is 1. The van der Waals surface area contributed by atoms with Gasteiger partial charge in [-0.25, -0.2) is 13.1 Å². The second-order valence-electron chi connectivity index (χ2n) is 9.22. The first kappa shape index (κ1) is 23.3. The fourth-order valence-corrected chi connectivity index (χ4v) is 6.25. The summed E-state index contributed by atoms with van der Waals surface area (Å²) in [5.74, 6) is -0.637. The highest BCUT2D eigenvalue weighted by Gasteiger charge is 2.56. The molecule has 2 amide bonds. The van der Waals surface area contributed by atoms with E-state index in [-0.39, 0.29) is 16.6 Å². The van der Waals surface area contributed by atoms with Crippen molar-refractivity contribution >= 4 is 21.8 Å². The molecular weight excluding hydrogens is 440 g/mol. The second kappa shape index (κ2) is 8.48. The number of aryl methyl sites for hydroxylation is 1. The van der Waals surface area contributed by atoms with Crippen LogP contribution < -0.4 is 9.46 Å². The third-order valence-electron chi connectivity index (χ3n) is 7.18. The Morgan fingerprint density at radius 3 is 2.27 bits per heavy atom. The van der Waals surface area contributed by atoms with Gasteiger partial charge in [0.05, 0.1) is 12.5 Å². The summed E-state index contributed by atoms with van der Waals surface area (Å²) >= 11 is 0. The lowest BCUT2D eigenvalue weighted by atomic mass is 9.74. The number of carbonyl (C=O) groups excluding carboxylic acids is 2. The molecule has 4 rings (SSSR count). The van der Waals surface area contributed by atoms with E-state index in [1.54, 1.807) is 24.0 Å². The Labute approximate surface area is 195 Å². The number of rotatable bonds is 6. The zero-order chi connectivity index (χ0) is 23.9. The van der Waals surface area contributed by atoms with Gasteiger partial charge in [0, 0.05) is 6.54 Å². The molecule has 2 aliphatic rings. The molecule has 8 heteroatoms. The molecule has 7 nitrogen and oxygen atoms in total. The summed E-state index contributed by atoms with van der Waals surface area (Å²) in [5.41, 5.74) is -0.101. The molecule has 2 aromatic carbocycles. The Morgan fingerprint density at radius 2 is 1.70 bits per heavy atom. The van der Waals surface area contributed by atoms with Crippen LogP contribution >= 0.6 is 0 Å². The van der Waals surface area contributed by atoms with Crippen LogP contribution in [0.3, 0.4) is 0 Å². The third-order valence-corrected chi connectivity index (χ3v) is 8.55. The van der Waals surface area contributed by atoms with Crippen LogP contribution in [0, 0.1) is 6.92 Å². The minimum Gasteiger partial charge on any atom is -0.495 e. The smallest absolute Gasteiger partial charge is 0.267 e. The molecule has 2 fully saturated rings. The van der Waals surface area contributed by atoms with Crippen LogP contribution in [0.1, 0.15) is 50.2 Å². The first-order valence-corrected chi connectivity index (χ1v) is 12.7. The van der Waals surface area contributed by atoms with Crippen molar-refractivity contribution in [3.05, 3.63) is 59.7 Å². The lowest BCUT2D eigenvalue weighted by Crippen LogP contribution is -2.70. The zero-order valence-corrected chi connectivity index (χ0v) is 20.1. The number of sulfonamides is 1. The number of carbonyl (C=O) groups is 2. The van der Waals surface area contributed by atoms with Crippen molar-refractivity contribution in [3.63, 3.8) is 0 Å². The molecule has 0 bridgehead atoms. The number of amides is 2. The third kappa shape index (κ3) is 3.90. The van der Waals surface area contributed by atoms with E-state index in [0.717, 1.165) is 36.8 Å². The van der Waals surface area contributed by atoms with E-state index in [9.17, 15) is 18.0 Å². The highest BCUT2D eigenvalue weighted by atomic mass is 32.2. The molecule has 176 valence electrons. The predicted molar refractivity (Wildman–Crippen MR) is 124 cm³/mol. The Morgan fingerprint density at radius 1 is 1.03 bits per heavy atom. The van der Waals surface area contributed by atoms with Crippen molar-refractivity contribution in [2.45, 2.75) is 61.8 Å². The topological polar surface area (TPSA) is 92.8 Å². The van der Waals surface area contributed by atoms with Gasteiger partial charge in [0.25, 0.3) is 15.9 Å². The molecule has 2 aromatic rings. The lowest BCUT2D eigenvalue weighted by Gasteiger charge is -2.52. The molecule has 1 aliphatic carbocycles. The summed E-state index contributed by atoms with van der Waals surface area (Å²) in [6.45, 7) is 3.88. The minimum atomic E-state index is -4.18. The molecule has 1 unspecified atom stereocenters. The summed E-state index contributed by atoms with van der Waals surface area (Å²) in [6.07, 6.45) is 3.74. The molecule has 1 aliphatic heterocycles. The SMILES string of the molecule is COc1cc(C)ccc1S(=O)(=O)NC(=O)C1(C)CCN1C(=O)C1(c2ccccc2)CCCC1. The average Bonchev–Trinajstić information content (AvgIpc) is 3.29. The Balaban J connectivity index is 1.60. The lowest BCUT2D eigenvalue weighted by molar-refractivity contribution is -0.161. The van der Waals surface area contributed by atoms with Gasteiger partial charge >= 0.3 is 0 Å². The highest BCUT2D eigenvalue weighted by molar-refractivity contribution is 7.90. The molecule has 0 aromatic heterocycles. The fourth-order valence-electron chi connectivity index (χ4n) is 5.02. The van der Waals surface area contributed by atoms with Crippen LogP contribution in [0.15, 0.2) is 53.4 Å². The van der Waals surface area contributed by atoms with Gasteiger partial charge in [0.2, 0.25) is 5.91 Å². The normalized spacial score (nSPS) is 21.8. The highest BCUT2D eigenvalue weighted by Crippen LogP contribution is 2.46. The van der Waals surface area contributed by atoms with Crippen LogP contribution in [0.25, 0.3) is 0 Å². The van der Waals surface area contributed by atoms with Crippen molar-refractivity contribution in [1.82, 2.24) is 9.62 Å². The first-order valence-electron chi connectivity index (χ1n) is 11.2. The number of methoxy groups -OCH3 is 1. The van der Waals surface area contributed by atoms with Gasteiger partial charge in [-0.2, -0.15) is 0 Å². The average molecular weight is 471 g/mol. The first-order chi connectivity index (χ1) is 15.6. The van der Waals surface area contributed by atoms with Gasteiger partial charge < -0.3 is 9.64 Å². The van der Waals surface area contributed by atoms with Gasteiger partial charge in [-0.3, -0.25) is 9.59 Å². The Bertz CT molecular complexity index is 1170. The maximum absolute atomic E-state index is 13.8. The molecular formula is C25H30N2O5S. The van der Waals surface area contributed by atoms with Gasteiger partial charge in [-0.1, -0.05) is 49.2 Å². The number of hydrogen-bond donors (Lipinski definition) is 1. The van der Waals surface area contributed by atoms with E-state index < -0.39 is 26.9 Å². The number of benzene rings is 2. The molecule has 0 spiro atoms. The van der Waals surface area contributed by atoms with Crippen molar-refractivity contribution in [2.24, 2.45) is 0 Å². The standard InChI is InChI=1S/C25H30N2O5S/c1-18-11-12-21(20(17-18)32-3)33(30,31)26-22(28)24(2)15-16-27(24)23(29)25(13-7-8-14-25)19-9-5-4-6-10-19/h4-6,9-12,17H,7-8,13-16H2,1-3H3,(H,26,28). The van der Waals surface area contributed by atoms with Crippen molar-refractivity contribution in [3.8, 4) is 5.75 Å². The number of nitrogens with one attached hydrogen (secondary N) is 1. The van der Waals surface area contributed by atoms with E-state index in [2.05, 4.69) is 4.72 Å². The van der Waals surface area contributed by atoms with Crippen LogP contribution in [-0.2, 0) is 25.0 Å². The van der Waals surface area contributed by atoms with Crippen molar-refractivity contribution in [1.29, 1.82) is 0 Å². The molecule has 1 N–H and O–H groups in total. The van der Waals surface area contributed by atoms with E-state index in [0.29, 0.717) is 13.0 Å². The monoisotopic (exact) mass is 470 g/mol. The molecule has 1 saturated carbocycles. The number of hydrogen-bond acceptors (Lipinski definition) is 5. The fraction of sp³-hybridized carbons (Fsp3) is 0.440. The molecule has 0 radical (unpaired) electrons. The van der Waals surface area contributed by atoms with E-state index in [4.69, 9.17) is 4.74 Å². The molecule has 1 heterocycles. The van der Waals surface area contributed by atoms with Crippen LogP contribution in [0.2, 0.25) is 0 Å². The predicted octanol–water partition coefficient (Wildman–Crippen LogP) is 3.31. The van der Waals surface area contributed by atoms with Crippen molar-refractivity contribution in [2.75, 3.05) is 13.7 Å². The van der Waals surface area contributed by atoms with Gasteiger partial charge in [-0.05, 0) is 56.4 Å². The van der Waals surface area contributed by atoms with Gasteiger partial charge in [0.15, 0.2) is 0 Å². The van der Waals surface area contributed by atoms with E-state index >= 15 is 0 Å². The quantitative estimate of drug-likeness (QED) is 0.699. The zero-order valence-electron chi connectivity index (χ0n) is 19.3. The minimum absolute atomic E-state index is 0.0968. The van der Waals surface area contributed by atoms with Crippen LogP contribution in [0.4, 0.5) is 0 Å². The summed E-state index contributed by atoms with van der Waals surface area (Å²) in [7, 11) is -2.79. The van der Waals surface area contributed by atoms with E-state index in [1.165, 1.54) is 13.2 Å². The summed E-state index contributed by atoms with van der Waals surface area (Å²) < 4.78 is 33.5. The largest absolute Gasteiger partial charge is 0.495 e. The molecule has 1 atom stereocenters. The maximum Gasteiger partial charge on any atom is 0.267 e. The maximum atomic E-state index is 13.8. The number of nitrogens with zero attached hydrogens (tertiary/aromatic N) is 1. The Kier molecular flexibility index (Phi) is 5.99.